The van der Waals surface area contributed by atoms with E-state index in [4.69, 9.17) is 33.2 Å². The maximum absolute atomic E-state index is 11.7. The molecule has 1 amide bonds. The van der Waals surface area contributed by atoms with Crippen LogP contribution in [0.4, 0.5) is 0 Å². The molecular weight excluding hydrogens is 367 g/mol. The van der Waals surface area contributed by atoms with Crippen molar-refractivity contribution in [2.24, 2.45) is 0 Å². The highest BCUT2D eigenvalue weighted by atomic mass is 79.9. The molecule has 0 saturated heterocycles. The zero-order valence-corrected chi connectivity index (χ0v) is 13.9. The Morgan fingerprint density at radius 2 is 2.15 bits per heavy atom. The minimum Gasteiger partial charge on any atom is -0.491 e. The molecule has 0 aliphatic carbocycles. The van der Waals surface area contributed by atoms with Crippen molar-refractivity contribution < 1.29 is 9.53 Å². The van der Waals surface area contributed by atoms with Crippen LogP contribution in [-0.2, 0) is 4.79 Å². The minimum atomic E-state index is -0.0837. The highest BCUT2D eigenvalue weighted by Crippen LogP contribution is 2.34. The summed E-state index contributed by atoms with van der Waals surface area (Å²) in [5.41, 5.74) is 0. The molecule has 4 nitrogen and oxygen atoms in total. The Labute approximate surface area is 136 Å². The Bertz CT molecular complexity index is 532. The number of ether oxygens (including phenoxy) is 1. The highest BCUT2D eigenvalue weighted by Gasteiger charge is 2.10. The number of carbonyl (C=O) groups excluding carboxylic acids is 1. The second kappa shape index (κ2) is 8.35. The summed E-state index contributed by atoms with van der Waals surface area (Å²) in [5.74, 6) is 0.354. The molecule has 20 heavy (non-hydrogen) atoms. The van der Waals surface area contributed by atoms with Gasteiger partial charge in [-0.3, -0.25) is 4.79 Å². The molecule has 0 atom stereocenters. The molecule has 0 bridgehead atoms. The Morgan fingerprint density at radius 1 is 1.45 bits per heavy atom. The Morgan fingerprint density at radius 3 is 2.80 bits per heavy atom. The van der Waals surface area contributed by atoms with E-state index in [1.807, 2.05) is 6.07 Å². The van der Waals surface area contributed by atoms with Gasteiger partial charge in [-0.05, 0) is 22.0 Å². The second-order valence-electron chi connectivity index (χ2n) is 4.02. The number of halogens is 3. The van der Waals surface area contributed by atoms with Gasteiger partial charge in [-0.1, -0.05) is 23.2 Å². The van der Waals surface area contributed by atoms with E-state index in [1.54, 1.807) is 19.2 Å². The van der Waals surface area contributed by atoms with Gasteiger partial charge in [-0.15, -0.1) is 0 Å². The third kappa shape index (κ3) is 5.20. The van der Waals surface area contributed by atoms with Crippen LogP contribution in [0.3, 0.4) is 0 Å². The van der Waals surface area contributed by atoms with Gasteiger partial charge in [0.2, 0.25) is 5.91 Å². The summed E-state index contributed by atoms with van der Waals surface area (Å²) in [7, 11) is 1.66. The van der Waals surface area contributed by atoms with Crippen molar-refractivity contribution in [3.63, 3.8) is 0 Å². The average molecular weight is 380 g/mol. The normalized spacial score (nSPS) is 9.95. The Balaban J connectivity index is 2.47. The van der Waals surface area contributed by atoms with E-state index in [-0.39, 0.29) is 18.9 Å². The lowest BCUT2D eigenvalue weighted by Gasteiger charge is -2.16. The van der Waals surface area contributed by atoms with Gasteiger partial charge in [0.1, 0.15) is 5.75 Å². The molecule has 0 aromatic heterocycles. The smallest absolute Gasteiger partial charge is 0.225 e. The molecule has 0 aliphatic rings. The number of hydrogen-bond acceptors (Lipinski definition) is 3. The van der Waals surface area contributed by atoms with Crippen LogP contribution in [0.25, 0.3) is 0 Å². The fourth-order valence-electron chi connectivity index (χ4n) is 1.40. The number of benzene rings is 1. The zero-order valence-electron chi connectivity index (χ0n) is 10.8. The summed E-state index contributed by atoms with van der Waals surface area (Å²) in [6, 6.07) is 5.23. The third-order valence-electron chi connectivity index (χ3n) is 2.53. The Hall–Kier alpha value is -0.960. The summed E-state index contributed by atoms with van der Waals surface area (Å²) in [5, 5.41) is 9.37. The van der Waals surface area contributed by atoms with Crippen LogP contribution in [0.5, 0.6) is 5.75 Å². The first-order valence-electron chi connectivity index (χ1n) is 5.84. The lowest BCUT2D eigenvalue weighted by atomic mass is 10.3. The number of nitrogens with zero attached hydrogens (tertiary/aromatic N) is 2. The summed E-state index contributed by atoms with van der Waals surface area (Å²) in [6.07, 6.45) is 0.531. The van der Waals surface area contributed by atoms with E-state index >= 15 is 0 Å². The van der Waals surface area contributed by atoms with Gasteiger partial charge in [0.15, 0.2) is 0 Å². The van der Waals surface area contributed by atoms with Crippen LogP contribution in [0.2, 0.25) is 10.0 Å². The van der Waals surface area contributed by atoms with E-state index in [1.165, 1.54) is 4.90 Å². The minimum absolute atomic E-state index is 0.0837. The fraction of sp³-hybridized carbons (Fsp3) is 0.385. The monoisotopic (exact) mass is 378 g/mol. The van der Waals surface area contributed by atoms with Crippen molar-refractivity contribution in [3.05, 3.63) is 26.7 Å². The number of hydrogen-bond donors (Lipinski definition) is 0. The van der Waals surface area contributed by atoms with E-state index in [2.05, 4.69) is 15.9 Å². The number of nitriles is 1. The van der Waals surface area contributed by atoms with Gasteiger partial charge < -0.3 is 9.64 Å². The SMILES string of the molecule is CN(CCC#N)C(=O)CCOc1cc(Cl)c(Br)cc1Cl. The molecule has 0 unspecified atom stereocenters. The second-order valence-corrected chi connectivity index (χ2v) is 5.69. The lowest BCUT2D eigenvalue weighted by molar-refractivity contribution is -0.130. The standard InChI is InChI=1S/C13H13BrCl2N2O2/c1-18(5-2-4-17)13(19)3-6-20-12-8-10(15)9(14)7-11(12)16/h7-8H,2-3,5-6H2,1H3. The van der Waals surface area contributed by atoms with Gasteiger partial charge in [0.05, 0.1) is 35.6 Å². The van der Waals surface area contributed by atoms with Crippen molar-refractivity contribution in [1.29, 1.82) is 5.26 Å². The molecule has 0 saturated carbocycles. The molecule has 0 N–H and O–H groups in total. The van der Waals surface area contributed by atoms with Crippen LogP contribution in [0.1, 0.15) is 12.8 Å². The molecule has 108 valence electrons. The van der Waals surface area contributed by atoms with Gasteiger partial charge in [0, 0.05) is 24.1 Å². The van der Waals surface area contributed by atoms with Crippen LogP contribution in [-0.4, -0.2) is 31.0 Å². The lowest BCUT2D eigenvalue weighted by Crippen LogP contribution is -2.28. The molecule has 0 heterocycles. The van der Waals surface area contributed by atoms with Crippen LogP contribution in [0, 0.1) is 11.3 Å². The van der Waals surface area contributed by atoms with Crippen molar-refractivity contribution in [2.75, 3.05) is 20.2 Å². The van der Waals surface area contributed by atoms with E-state index in [0.717, 1.165) is 0 Å². The third-order valence-corrected chi connectivity index (χ3v) is 4.03. The first-order valence-corrected chi connectivity index (χ1v) is 7.39. The van der Waals surface area contributed by atoms with Gasteiger partial charge in [-0.25, -0.2) is 0 Å². The number of amides is 1. The first-order chi connectivity index (χ1) is 9.45. The van der Waals surface area contributed by atoms with Crippen LogP contribution >= 0.6 is 39.1 Å². The van der Waals surface area contributed by atoms with Crippen molar-refractivity contribution >= 4 is 45.0 Å². The molecular formula is C13H13BrCl2N2O2. The van der Waals surface area contributed by atoms with Crippen molar-refractivity contribution in [1.82, 2.24) is 4.90 Å². The number of carbonyl (C=O) groups is 1. The highest BCUT2D eigenvalue weighted by molar-refractivity contribution is 9.10. The van der Waals surface area contributed by atoms with Crippen molar-refractivity contribution in [3.8, 4) is 11.8 Å². The van der Waals surface area contributed by atoms with Gasteiger partial charge >= 0.3 is 0 Å². The maximum Gasteiger partial charge on any atom is 0.225 e. The quantitative estimate of drug-likeness (QED) is 0.704. The average Bonchev–Trinajstić information content (AvgIpc) is 2.41. The Kier molecular flexibility index (Phi) is 7.14. The molecule has 0 radical (unpaired) electrons. The van der Waals surface area contributed by atoms with Gasteiger partial charge in [0.25, 0.3) is 0 Å². The molecule has 1 aromatic rings. The largest absolute Gasteiger partial charge is 0.491 e. The summed E-state index contributed by atoms with van der Waals surface area (Å²) in [6.45, 7) is 0.619. The van der Waals surface area contributed by atoms with Crippen molar-refractivity contribution in [2.45, 2.75) is 12.8 Å². The summed E-state index contributed by atoms with van der Waals surface area (Å²) < 4.78 is 6.13. The van der Waals surface area contributed by atoms with Gasteiger partial charge in [-0.2, -0.15) is 5.26 Å². The molecule has 0 aliphatic heterocycles. The summed E-state index contributed by atoms with van der Waals surface area (Å²) in [4.78, 5) is 13.2. The fourth-order valence-corrected chi connectivity index (χ4v) is 2.24. The number of rotatable bonds is 6. The van der Waals surface area contributed by atoms with E-state index < -0.39 is 0 Å². The predicted octanol–water partition coefficient (Wildman–Crippen LogP) is 3.90. The van der Waals surface area contributed by atoms with Crippen LogP contribution in [0.15, 0.2) is 16.6 Å². The molecule has 0 spiro atoms. The molecule has 1 rings (SSSR count). The first kappa shape index (κ1) is 17.1. The summed E-state index contributed by atoms with van der Waals surface area (Å²) >= 11 is 15.2. The van der Waals surface area contributed by atoms with E-state index in [9.17, 15) is 4.79 Å². The molecule has 7 heteroatoms. The zero-order chi connectivity index (χ0) is 15.1. The molecule has 0 fully saturated rings. The van der Waals surface area contributed by atoms with E-state index in [0.29, 0.717) is 33.2 Å². The van der Waals surface area contributed by atoms with Crippen LogP contribution < -0.4 is 4.74 Å². The molecule has 1 aromatic carbocycles. The topological polar surface area (TPSA) is 53.3 Å². The predicted molar refractivity (Wildman–Crippen MR) is 82.1 cm³/mol. The maximum atomic E-state index is 11.7.